The molecule has 128 valence electrons. The number of anilines is 1. The number of aryl methyl sites for hydroxylation is 2. The number of halogens is 1. The number of nitrogens with zero attached hydrogens (tertiary/aromatic N) is 3. The van der Waals surface area contributed by atoms with Crippen molar-refractivity contribution in [3.05, 3.63) is 68.6 Å². The highest BCUT2D eigenvalue weighted by Crippen LogP contribution is 2.28. The molecule has 2 heterocycles. The van der Waals surface area contributed by atoms with E-state index in [1.807, 2.05) is 26.0 Å². The van der Waals surface area contributed by atoms with Gasteiger partial charge in [0.05, 0.1) is 10.6 Å². The van der Waals surface area contributed by atoms with Gasteiger partial charge in [0.15, 0.2) is 0 Å². The molecule has 8 heteroatoms. The number of nitro benzene ring substituents is 1. The first-order chi connectivity index (χ1) is 11.9. The van der Waals surface area contributed by atoms with Crippen molar-refractivity contribution in [2.75, 3.05) is 5.32 Å². The summed E-state index contributed by atoms with van der Waals surface area (Å²) in [5, 5.41) is 13.7. The van der Waals surface area contributed by atoms with Gasteiger partial charge in [0.25, 0.3) is 11.6 Å². The zero-order valence-electron chi connectivity index (χ0n) is 13.6. The molecule has 0 aliphatic rings. The van der Waals surface area contributed by atoms with Crippen molar-refractivity contribution in [2.45, 2.75) is 20.3 Å². The molecule has 0 unspecified atom stereocenters. The molecule has 25 heavy (non-hydrogen) atoms. The summed E-state index contributed by atoms with van der Waals surface area (Å²) in [5.74, 6) is -0.384. The number of aromatic nitrogens is 2. The van der Waals surface area contributed by atoms with E-state index in [1.54, 1.807) is 10.6 Å². The van der Waals surface area contributed by atoms with Crippen molar-refractivity contribution >= 4 is 34.5 Å². The number of imidazole rings is 1. The van der Waals surface area contributed by atoms with E-state index in [-0.39, 0.29) is 16.6 Å². The fourth-order valence-corrected chi connectivity index (χ4v) is 2.79. The lowest BCUT2D eigenvalue weighted by Gasteiger charge is -2.07. The first kappa shape index (κ1) is 16.9. The second-order valence-corrected chi connectivity index (χ2v) is 5.98. The van der Waals surface area contributed by atoms with Gasteiger partial charge in [-0.05, 0) is 43.2 Å². The average molecular weight is 359 g/mol. The Morgan fingerprint density at radius 1 is 1.36 bits per heavy atom. The molecule has 0 aliphatic carbocycles. The molecule has 3 aromatic rings. The molecule has 2 aromatic heterocycles. The van der Waals surface area contributed by atoms with Gasteiger partial charge < -0.3 is 5.32 Å². The zero-order valence-corrected chi connectivity index (χ0v) is 14.4. The van der Waals surface area contributed by atoms with Crippen molar-refractivity contribution in [2.24, 2.45) is 0 Å². The highest BCUT2D eigenvalue weighted by molar-refractivity contribution is 6.32. The Morgan fingerprint density at radius 3 is 2.80 bits per heavy atom. The average Bonchev–Trinajstić information content (AvgIpc) is 2.93. The van der Waals surface area contributed by atoms with Gasteiger partial charge in [-0.2, -0.15) is 0 Å². The Bertz CT molecular complexity index is 997. The Balaban J connectivity index is 2.00. The number of benzene rings is 1. The molecule has 0 fully saturated rings. The second-order valence-electron chi connectivity index (χ2n) is 5.57. The molecule has 1 amide bonds. The van der Waals surface area contributed by atoms with E-state index < -0.39 is 4.92 Å². The Labute approximate surface area is 148 Å². The van der Waals surface area contributed by atoms with Crippen LogP contribution in [-0.4, -0.2) is 20.2 Å². The number of rotatable bonds is 4. The van der Waals surface area contributed by atoms with Gasteiger partial charge >= 0.3 is 0 Å². The van der Waals surface area contributed by atoms with E-state index in [4.69, 9.17) is 11.6 Å². The van der Waals surface area contributed by atoms with Crippen LogP contribution in [0.5, 0.6) is 0 Å². The Hall–Kier alpha value is -2.93. The maximum Gasteiger partial charge on any atom is 0.289 e. The van der Waals surface area contributed by atoms with Gasteiger partial charge in [-0.25, -0.2) is 4.98 Å². The molecule has 3 rings (SSSR count). The largest absolute Gasteiger partial charge is 0.320 e. The van der Waals surface area contributed by atoms with E-state index in [9.17, 15) is 14.9 Å². The molecule has 0 bridgehead atoms. The van der Waals surface area contributed by atoms with Crippen molar-refractivity contribution in [3.63, 3.8) is 0 Å². The van der Waals surface area contributed by atoms with Crippen LogP contribution in [0, 0.1) is 17.0 Å². The molecule has 0 saturated heterocycles. The van der Waals surface area contributed by atoms with Gasteiger partial charge in [0.1, 0.15) is 16.4 Å². The third-order valence-corrected chi connectivity index (χ3v) is 4.12. The van der Waals surface area contributed by atoms with Crippen LogP contribution < -0.4 is 5.32 Å². The predicted octanol–water partition coefficient (Wildman–Crippen LogP) is 4.02. The highest BCUT2D eigenvalue weighted by atomic mass is 35.5. The third kappa shape index (κ3) is 3.18. The SMILES string of the molecule is CCc1nc2cc(C)ccn2c1C(=O)Nc1ccc(Cl)c([N+](=O)[O-])c1. The number of nitrogens with one attached hydrogen (secondary N) is 1. The van der Waals surface area contributed by atoms with Crippen LogP contribution in [0.25, 0.3) is 5.65 Å². The van der Waals surface area contributed by atoms with Crippen molar-refractivity contribution < 1.29 is 9.72 Å². The summed E-state index contributed by atoms with van der Waals surface area (Å²) in [5.41, 5.74) is 2.83. The van der Waals surface area contributed by atoms with Gasteiger partial charge in [-0.15, -0.1) is 0 Å². The molecule has 0 radical (unpaired) electrons. The topological polar surface area (TPSA) is 89.5 Å². The van der Waals surface area contributed by atoms with Crippen LogP contribution in [0.3, 0.4) is 0 Å². The molecule has 1 N–H and O–H groups in total. The fraction of sp³-hybridized carbons (Fsp3) is 0.176. The molecule has 0 spiro atoms. The van der Waals surface area contributed by atoms with Crippen molar-refractivity contribution in [3.8, 4) is 0 Å². The normalized spacial score (nSPS) is 10.8. The van der Waals surface area contributed by atoms with Crippen molar-refractivity contribution in [1.29, 1.82) is 0 Å². The summed E-state index contributed by atoms with van der Waals surface area (Å²) in [4.78, 5) is 27.6. The first-order valence-electron chi connectivity index (χ1n) is 7.63. The number of hydrogen-bond donors (Lipinski definition) is 1. The molecular formula is C17H15ClN4O3. The molecule has 1 aromatic carbocycles. The summed E-state index contributed by atoms with van der Waals surface area (Å²) in [7, 11) is 0. The van der Waals surface area contributed by atoms with Gasteiger partial charge in [0, 0.05) is 18.0 Å². The number of fused-ring (bicyclic) bond motifs is 1. The van der Waals surface area contributed by atoms with E-state index >= 15 is 0 Å². The second kappa shape index (κ2) is 6.52. The number of amides is 1. The van der Waals surface area contributed by atoms with Crippen LogP contribution in [-0.2, 0) is 6.42 Å². The van der Waals surface area contributed by atoms with Crippen LogP contribution in [0.4, 0.5) is 11.4 Å². The first-order valence-corrected chi connectivity index (χ1v) is 8.01. The number of pyridine rings is 1. The zero-order chi connectivity index (χ0) is 18.1. The maximum absolute atomic E-state index is 12.7. The smallest absolute Gasteiger partial charge is 0.289 e. The van der Waals surface area contributed by atoms with E-state index in [0.717, 1.165) is 5.56 Å². The van der Waals surface area contributed by atoms with Crippen LogP contribution in [0.1, 0.15) is 28.7 Å². The molecule has 7 nitrogen and oxygen atoms in total. The van der Waals surface area contributed by atoms with Crippen LogP contribution in [0.2, 0.25) is 5.02 Å². The number of carbonyl (C=O) groups is 1. The van der Waals surface area contributed by atoms with Gasteiger partial charge in [-0.1, -0.05) is 18.5 Å². The highest BCUT2D eigenvalue weighted by Gasteiger charge is 2.20. The quantitative estimate of drug-likeness (QED) is 0.563. The third-order valence-electron chi connectivity index (χ3n) is 3.80. The minimum absolute atomic E-state index is 0.0162. The Morgan fingerprint density at radius 2 is 2.12 bits per heavy atom. The molecule has 0 saturated carbocycles. The fourth-order valence-electron chi connectivity index (χ4n) is 2.60. The summed E-state index contributed by atoms with van der Waals surface area (Å²) in [6.45, 7) is 3.87. The monoisotopic (exact) mass is 358 g/mol. The molecule has 0 aliphatic heterocycles. The predicted molar refractivity (Wildman–Crippen MR) is 95.4 cm³/mol. The van der Waals surface area contributed by atoms with Gasteiger partial charge in [0.2, 0.25) is 0 Å². The summed E-state index contributed by atoms with van der Waals surface area (Å²) >= 11 is 5.80. The van der Waals surface area contributed by atoms with E-state index in [2.05, 4.69) is 10.3 Å². The van der Waals surface area contributed by atoms with Gasteiger partial charge in [-0.3, -0.25) is 19.3 Å². The van der Waals surface area contributed by atoms with Crippen molar-refractivity contribution in [1.82, 2.24) is 9.38 Å². The summed E-state index contributed by atoms with van der Waals surface area (Å²) < 4.78 is 1.71. The summed E-state index contributed by atoms with van der Waals surface area (Å²) in [6.07, 6.45) is 2.38. The van der Waals surface area contributed by atoms with Crippen LogP contribution in [0.15, 0.2) is 36.5 Å². The minimum Gasteiger partial charge on any atom is -0.320 e. The number of carbonyl (C=O) groups excluding carboxylic acids is 1. The molecular weight excluding hydrogens is 344 g/mol. The number of hydrogen-bond acceptors (Lipinski definition) is 4. The number of nitro groups is 1. The van der Waals surface area contributed by atoms with E-state index in [0.29, 0.717) is 29.1 Å². The lowest BCUT2D eigenvalue weighted by atomic mass is 10.2. The standard InChI is InChI=1S/C17H15ClN4O3/c1-3-13-16(21-7-6-10(2)8-15(21)20-13)17(23)19-11-4-5-12(18)14(9-11)22(24)25/h4-9H,3H2,1-2H3,(H,19,23). The van der Waals surface area contributed by atoms with E-state index in [1.165, 1.54) is 18.2 Å². The summed E-state index contributed by atoms with van der Waals surface area (Å²) in [6, 6.07) is 7.92. The minimum atomic E-state index is -0.591. The Kier molecular flexibility index (Phi) is 4.41. The maximum atomic E-state index is 12.7. The molecule has 0 atom stereocenters. The van der Waals surface area contributed by atoms with Crippen LogP contribution >= 0.6 is 11.6 Å². The lowest BCUT2D eigenvalue weighted by Crippen LogP contribution is -2.16. The lowest BCUT2D eigenvalue weighted by molar-refractivity contribution is -0.384.